The molecule has 0 bridgehead atoms. The first-order chi connectivity index (χ1) is 8.81. The lowest BCUT2D eigenvalue weighted by atomic mass is 9.94. The molecular weight excluding hydrogens is 272 g/mol. The van der Waals surface area contributed by atoms with Crippen molar-refractivity contribution in [2.24, 2.45) is 5.92 Å². The molecule has 0 spiro atoms. The van der Waals surface area contributed by atoms with Gasteiger partial charge in [-0.05, 0) is 26.2 Å². The minimum atomic E-state index is -2.90. The summed E-state index contributed by atoms with van der Waals surface area (Å²) in [4.78, 5) is 10.5. The van der Waals surface area contributed by atoms with E-state index >= 15 is 0 Å². The van der Waals surface area contributed by atoms with Crippen LogP contribution in [0.1, 0.15) is 32.6 Å². The molecule has 2 fully saturated rings. The van der Waals surface area contributed by atoms with Crippen LogP contribution in [0.3, 0.4) is 0 Å². The van der Waals surface area contributed by atoms with Crippen LogP contribution in [0.2, 0.25) is 0 Å². The van der Waals surface area contributed by atoms with E-state index in [2.05, 4.69) is 0 Å². The molecule has 0 aliphatic carbocycles. The third-order valence-corrected chi connectivity index (χ3v) is 5.65. The Kier molecular flexibility index (Phi) is 4.17. The Hall–Kier alpha value is -0.660. The summed E-state index contributed by atoms with van der Waals surface area (Å²) in [5, 5.41) is 8.65. The number of hydrogen-bond donors (Lipinski definition) is 1. The Labute approximate surface area is 113 Å². The van der Waals surface area contributed by atoms with Crippen molar-refractivity contribution in [2.45, 2.75) is 44.5 Å². The molecule has 6 nitrogen and oxygen atoms in total. The molecule has 7 heteroatoms. The highest BCUT2D eigenvalue weighted by Gasteiger charge is 2.45. The average Bonchev–Trinajstić information content (AvgIpc) is 2.69. The Morgan fingerprint density at radius 1 is 1.37 bits per heavy atom. The van der Waals surface area contributed by atoms with E-state index in [0.717, 1.165) is 0 Å². The summed E-state index contributed by atoms with van der Waals surface area (Å²) in [6.45, 7) is 2.21. The average molecular weight is 292 g/mol. The minimum Gasteiger partial charge on any atom is -0.481 e. The molecule has 19 heavy (non-hydrogen) atoms. The SMILES string of the molecule is CC1(C2CCS(=O)(=O)CC2)OCC(CCC(=O)O)O1. The van der Waals surface area contributed by atoms with E-state index in [0.29, 0.717) is 25.9 Å². The highest BCUT2D eigenvalue weighted by Crippen LogP contribution is 2.38. The summed E-state index contributed by atoms with van der Waals surface area (Å²) < 4.78 is 34.3. The molecular formula is C12H20O6S. The molecule has 0 aromatic rings. The molecule has 2 unspecified atom stereocenters. The van der Waals surface area contributed by atoms with Gasteiger partial charge in [0, 0.05) is 12.3 Å². The second-order valence-electron chi connectivity index (χ2n) is 5.43. The molecule has 0 saturated carbocycles. The molecule has 0 aromatic heterocycles. The van der Waals surface area contributed by atoms with Crippen molar-refractivity contribution in [3.05, 3.63) is 0 Å². The Morgan fingerprint density at radius 2 is 2.00 bits per heavy atom. The van der Waals surface area contributed by atoms with Crippen LogP contribution in [0.25, 0.3) is 0 Å². The van der Waals surface area contributed by atoms with E-state index in [9.17, 15) is 13.2 Å². The van der Waals surface area contributed by atoms with Gasteiger partial charge in [0.05, 0.1) is 24.2 Å². The number of aliphatic carboxylic acids is 1. The van der Waals surface area contributed by atoms with E-state index in [1.54, 1.807) is 0 Å². The predicted octanol–water partition coefficient (Wildman–Crippen LogP) is 0.808. The molecule has 2 aliphatic heterocycles. The first kappa shape index (κ1) is 14.7. The molecule has 2 atom stereocenters. The van der Waals surface area contributed by atoms with Gasteiger partial charge in [0.25, 0.3) is 0 Å². The van der Waals surface area contributed by atoms with Crippen molar-refractivity contribution in [2.75, 3.05) is 18.1 Å². The molecule has 2 aliphatic rings. The van der Waals surface area contributed by atoms with E-state index < -0.39 is 21.6 Å². The zero-order chi connectivity index (χ0) is 14.1. The van der Waals surface area contributed by atoms with Gasteiger partial charge in [-0.2, -0.15) is 0 Å². The van der Waals surface area contributed by atoms with Crippen molar-refractivity contribution in [3.8, 4) is 0 Å². The number of sulfone groups is 1. The fraction of sp³-hybridized carbons (Fsp3) is 0.917. The maximum Gasteiger partial charge on any atom is 0.303 e. The van der Waals surface area contributed by atoms with Gasteiger partial charge in [-0.15, -0.1) is 0 Å². The smallest absolute Gasteiger partial charge is 0.303 e. The van der Waals surface area contributed by atoms with Crippen molar-refractivity contribution in [3.63, 3.8) is 0 Å². The minimum absolute atomic E-state index is 0.0587. The largest absolute Gasteiger partial charge is 0.481 e. The normalized spacial score (nSPS) is 35.3. The zero-order valence-corrected chi connectivity index (χ0v) is 11.8. The first-order valence-electron chi connectivity index (χ1n) is 6.55. The van der Waals surface area contributed by atoms with Crippen LogP contribution in [-0.4, -0.2) is 49.5 Å². The number of ether oxygens (including phenoxy) is 2. The van der Waals surface area contributed by atoms with Crippen molar-refractivity contribution in [1.29, 1.82) is 0 Å². The fourth-order valence-corrected chi connectivity index (χ4v) is 4.20. The van der Waals surface area contributed by atoms with Gasteiger partial charge in [0.15, 0.2) is 5.79 Å². The van der Waals surface area contributed by atoms with Gasteiger partial charge in [-0.1, -0.05) is 0 Å². The van der Waals surface area contributed by atoms with E-state index in [-0.39, 0.29) is 29.9 Å². The first-order valence-corrected chi connectivity index (χ1v) is 8.37. The lowest BCUT2D eigenvalue weighted by Gasteiger charge is -2.35. The van der Waals surface area contributed by atoms with Crippen molar-refractivity contribution >= 4 is 15.8 Å². The second-order valence-corrected chi connectivity index (χ2v) is 7.73. The third-order valence-electron chi connectivity index (χ3n) is 3.93. The van der Waals surface area contributed by atoms with Crippen molar-refractivity contribution in [1.82, 2.24) is 0 Å². The van der Waals surface area contributed by atoms with Gasteiger partial charge in [-0.3, -0.25) is 4.79 Å². The molecule has 2 saturated heterocycles. The fourth-order valence-electron chi connectivity index (χ4n) is 2.71. The molecule has 0 aromatic carbocycles. The summed E-state index contributed by atoms with van der Waals surface area (Å²) in [5.74, 6) is -1.19. The Morgan fingerprint density at radius 3 is 2.58 bits per heavy atom. The summed E-state index contributed by atoms with van der Waals surface area (Å²) >= 11 is 0. The number of carboxylic acid groups (broad SMARTS) is 1. The van der Waals surface area contributed by atoms with Crippen LogP contribution in [0.5, 0.6) is 0 Å². The third kappa shape index (κ3) is 3.67. The number of hydrogen-bond acceptors (Lipinski definition) is 5. The van der Waals surface area contributed by atoms with E-state index in [4.69, 9.17) is 14.6 Å². The Bertz CT molecular complexity index is 431. The maximum absolute atomic E-state index is 11.4. The predicted molar refractivity (Wildman–Crippen MR) is 67.5 cm³/mol. The van der Waals surface area contributed by atoms with Gasteiger partial charge >= 0.3 is 5.97 Å². The lowest BCUT2D eigenvalue weighted by Crippen LogP contribution is -2.41. The summed E-state index contributed by atoms with van der Waals surface area (Å²) in [6.07, 6.45) is 1.37. The molecule has 2 heterocycles. The molecule has 1 N–H and O–H groups in total. The van der Waals surface area contributed by atoms with Crippen LogP contribution < -0.4 is 0 Å². The quantitative estimate of drug-likeness (QED) is 0.824. The van der Waals surface area contributed by atoms with Gasteiger partial charge in [0.1, 0.15) is 9.84 Å². The monoisotopic (exact) mass is 292 g/mol. The lowest BCUT2D eigenvalue weighted by molar-refractivity contribution is -0.193. The number of carbonyl (C=O) groups is 1. The Balaban J connectivity index is 1.89. The number of rotatable bonds is 4. The van der Waals surface area contributed by atoms with Crippen LogP contribution in [-0.2, 0) is 24.1 Å². The molecule has 0 amide bonds. The van der Waals surface area contributed by atoms with Gasteiger partial charge in [0.2, 0.25) is 0 Å². The van der Waals surface area contributed by atoms with Crippen LogP contribution in [0.15, 0.2) is 0 Å². The second kappa shape index (κ2) is 5.38. The molecule has 2 rings (SSSR count). The topological polar surface area (TPSA) is 89.9 Å². The van der Waals surface area contributed by atoms with Crippen LogP contribution in [0.4, 0.5) is 0 Å². The standard InChI is InChI=1S/C12H20O6S/c1-12(9-4-6-19(15,16)7-5-9)17-8-10(18-12)2-3-11(13)14/h9-10H,2-8H2,1H3,(H,13,14). The van der Waals surface area contributed by atoms with E-state index in [1.807, 2.05) is 6.92 Å². The highest BCUT2D eigenvalue weighted by atomic mass is 32.2. The highest BCUT2D eigenvalue weighted by molar-refractivity contribution is 7.91. The van der Waals surface area contributed by atoms with Crippen LogP contribution >= 0.6 is 0 Å². The summed E-state index contributed by atoms with van der Waals surface area (Å²) in [5.41, 5.74) is 0. The summed E-state index contributed by atoms with van der Waals surface area (Å²) in [6, 6.07) is 0. The van der Waals surface area contributed by atoms with Crippen molar-refractivity contribution < 1.29 is 27.8 Å². The van der Waals surface area contributed by atoms with Gasteiger partial charge in [-0.25, -0.2) is 8.42 Å². The summed E-state index contributed by atoms with van der Waals surface area (Å²) in [7, 11) is -2.90. The molecule has 0 radical (unpaired) electrons. The maximum atomic E-state index is 11.4. The van der Waals surface area contributed by atoms with Gasteiger partial charge < -0.3 is 14.6 Å². The van der Waals surface area contributed by atoms with E-state index in [1.165, 1.54) is 0 Å². The zero-order valence-electron chi connectivity index (χ0n) is 11.0. The molecule has 110 valence electrons. The van der Waals surface area contributed by atoms with Crippen LogP contribution in [0, 0.1) is 5.92 Å². The number of carboxylic acids is 1.